The van der Waals surface area contributed by atoms with Gasteiger partial charge in [-0.2, -0.15) is 0 Å². The molecule has 0 saturated heterocycles. The van der Waals surface area contributed by atoms with Crippen molar-refractivity contribution in [3.63, 3.8) is 0 Å². The second kappa shape index (κ2) is 12.9. The van der Waals surface area contributed by atoms with Gasteiger partial charge in [-0.3, -0.25) is 9.59 Å². The lowest BCUT2D eigenvalue weighted by Gasteiger charge is -2.09. The largest absolute Gasteiger partial charge is 0.377 e. The molecule has 0 heterocycles. The zero-order valence-electron chi connectivity index (χ0n) is 15.7. The van der Waals surface area contributed by atoms with Gasteiger partial charge >= 0.3 is 0 Å². The van der Waals surface area contributed by atoms with Gasteiger partial charge in [0.2, 0.25) is 11.8 Å². The summed E-state index contributed by atoms with van der Waals surface area (Å²) in [4.78, 5) is 23.4. The van der Waals surface area contributed by atoms with Crippen molar-refractivity contribution in [2.24, 2.45) is 0 Å². The molecule has 3 N–H and O–H groups in total. The normalized spacial score (nSPS) is 13.1. The zero-order chi connectivity index (χ0) is 19.2. The van der Waals surface area contributed by atoms with E-state index in [-0.39, 0.29) is 18.4 Å². The second-order valence-electron chi connectivity index (χ2n) is 6.17. The molecule has 1 aromatic carbocycles. The van der Waals surface area contributed by atoms with Crippen LogP contribution in [0.3, 0.4) is 0 Å². The maximum atomic E-state index is 11.7. The summed E-state index contributed by atoms with van der Waals surface area (Å²) in [6.45, 7) is 3.01. The SMILES string of the molecule is O=C(CNc1ccccc1)NCCOCCOCCNC(=O)C1=CCCC1. The maximum Gasteiger partial charge on any atom is 0.246 e. The summed E-state index contributed by atoms with van der Waals surface area (Å²) in [5.41, 5.74) is 1.80. The van der Waals surface area contributed by atoms with Crippen LogP contribution in [0.1, 0.15) is 19.3 Å². The number of anilines is 1. The molecule has 2 amide bonds. The number of nitrogens with one attached hydrogen (secondary N) is 3. The number of hydrogen-bond acceptors (Lipinski definition) is 5. The molecule has 0 bridgehead atoms. The molecule has 1 aromatic rings. The Morgan fingerprint density at radius 2 is 1.63 bits per heavy atom. The van der Waals surface area contributed by atoms with E-state index in [9.17, 15) is 9.59 Å². The van der Waals surface area contributed by atoms with Gasteiger partial charge in [0.25, 0.3) is 0 Å². The number of carbonyl (C=O) groups is 2. The summed E-state index contributed by atoms with van der Waals surface area (Å²) >= 11 is 0. The topological polar surface area (TPSA) is 88.7 Å². The van der Waals surface area contributed by atoms with Crippen LogP contribution in [-0.4, -0.2) is 57.9 Å². The molecule has 1 aliphatic rings. The molecule has 0 aromatic heterocycles. The monoisotopic (exact) mass is 375 g/mol. The molecular weight excluding hydrogens is 346 g/mol. The fraction of sp³-hybridized carbons (Fsp3) is 0.500. The Bertz CT molecular complexity index is 605. The first-order valence-corrected chi connectivity index (χ1v) is 9.44. The van der Waals surface area contributed by atoms with E-state index in [0.29, 0.717) is 39.5 Å². The predicted octanol–water partition coefficient (Wildman–Crippen LogP) is 1.47. The summed E-state index contributed by atoms with van der Waals surface area (Å²) in [6.07, 6.45) is 4.95. The molecule has 0 radical (unpaired) electrons. The molecule has 0 fully saturated rings. The summed E-state index contributed by atoms with van der Waals surface area (Å²) in [7, 11) is 0. The van der Waals surface area contributed by atoms with Crippen molar-refractivity contribution >= 4 is 17.5 Å². The Labute approximate surface area is 160 Å². The van der Waals surface area contributed by atoms with Crippen LogP contribution in [0.5, 0.6) is 0 Å². The van der Waals surface area contributed by atoms with Crippen LogP contribution < -0.4 is 16.0 Å². The van der Waals surface area contributed by atoms with E-state index in [0.717, 1.165) is 30.5 Å². The molecule has 7 heteroatoms. The van der Waals surface area contributed by atoms with Crippen LogP contribution in [0.25, 0.3) is 0 Å². The van der Waals surface area contributed by atoms with E-state index in [1.54, 1.807) is 0 Å². The van der Waals surface area contributed by atoms with Crippen LogP contribution in [0, 0.1) is 0 Å². The highest BCUT2D eigenvalue weighted by Gasteiger charge is 2.12. The van der Waals surface area contributed by atoms with E-state index < -0.39 is 0 Å². The molecule has 0 saturated carbocycles. The first kappa shape index (κ1) is 20.9. The van der Waals surface area contributed by atoms with Crippen molar-refractivity contribution in [1.82, 2.24) is 10.6 Å². The number of hydrogen-bond donors (Lipinski definition) is 3. The highest BCUT2D eigenvalue weighted by Crippen LogP contribution is 2.16. The molecule has 148 valence electrons. The average molecular weight is 375 g/mol. The van der Waals surface area contributed by atoms with Gasteiger partial charge in [0.1, 0.15) is 0 Å². The number of ether oxygens (including phenoxy) is 2. The predicted molar refractivity (Wildman–Crippen MR) is 105 cm³/mol. The number of allylic oxidation sites excluding steroid dienone is 1. The quantitative estimate of drug-likeness (QED) is 0.455. The van der Waals surface area contributed by atoms with E-state index in [1.165, 1.54) is 0 Å². The van der Waals surface area contributed by atoms with Gasteiger partial charge in [0, 0.05) is 24.4 Å². The Hall–Kier alpha value is -2.38. The highest BCUT2D eigenvalue weighted by molar-refractivity contribution is 5.93. The molecule has 0 unspecified atom stereocenters. The van der Waals surface area contributed by atoms with E-state index in [4.69, 9.17) is 9.47 Å². The van der Waals surface area contributed by atoms with Crippen LogP contribution >= 0.6 is 0 Å². The van der Waals surface area contributed by atoms with Gasteiger partial charge in [0.15, 0.2) is 0 Å². The smallest absolute Gasteiger partial charge is 0.246 e. The Kier molecular flexibility index (Phi) is 9.99. The third-order valence-electron chi connectivity index (χ3n) is 4.03. The molecule has 0 atom stereocenters. The van der Waals surface area contributed by atoms with Crippen molar-refractivity contribution in [2.45, 2.75) is 19.3 Å². The minimum absolute atomic E-state index is 0.0184. The number of para-hydroxylation sites is 1. The van der Waals surface area contributed by atoms with Crippen LogP contribution in [0.2, 0.25) is 0 Å². The van der Waals surface area contributed by atoms with Crippen LogP contribution in [0.4, 0.5) is 5.69 Å². The number of carbonyl (C=O) groups excluding carboxylic acids is 2. The molecular formula is C20H29N3O4. The summed E-state index contributed by atoms with van der Waals surface area (Å²) < 4.78 is 10.8. The van der Waals surface area contributed by atoms with Gasteiger partial charge in [-0.15, -0.1) is 0 Å². The number of benzene rings is 1. The Morgan fingerprint density at radius 3 is 2.30 bits per heavy atom. The summed E-state index contributed by atoms with van der Waals surface area (Å²) in [5, 5.41) is 8.67. The first-order chi connectivity index (χ1) is 13.3. The average Bonchev–Trinajstić information content (AvgIpc) is 3.23. The standard InChI is InChI=1S/C20H29N3O4/c24-19(16-23-18-8-2-1-3-9-18)21-10-12-26-14-15-27-13-11-22-20(25)17-6-4-5-7-17/h1-3,6,8-9,23H,4-5,7,10-16H2,(H,21,24)(H,22,25). The van der Waals surface area contributed by atoms with Crippen molar-refractivity contribution in [2.75, 3.05) is 51.4 Å². The molecule has 1 aliphatic carbocycles. The van der Waals surface area contributed by atoms with E-state index in [1.807, 2.05) is 36.4 Å². The van der Waals surface area contributed by atoms with Gasteiger partial charge in [-0.25, -0.2) is 0 Å². The lowest BCUT2D eigenvalue weighted by atomic mass is 10.2. The molecule has 27 heavy (non-hydrogen) atoms. The summed E-state index contributed by atoms with van der Waals surface area (Å²) in [5.74, 6) is -0.0586. The minimum Gasteiger partial charge on any atom is -0.377 e. The Balaban J connectivity index is 1.35. The van der Waals surface area contributed by atoms with Crippen molar-refractivity contribution < 1.29 is 19.1 Å². The van der Waals surface area contributed by atoms with Crippen molar-refractivity contribution in [1.29, 1.82) is 0 Å². The molecule has 7 nitrogen and oxygen atoms in total. The Morgan fingerprint density at radius 1 is 0.926 bits per heavy atom. The zero-order valence-corrected chi connectivity index (χ0v) is 15.7. The molecule has 0 aliphatic heterocycles. The van der Waals surface area contributed by atoms with Gasteiger partial charge in [-0.05, 0) is 31.4 Å². The first-order valence-electron chi connectivity index (χ1n) is 9.44. The minimum atomic E-state index is -0.0770. The van der Waals surface area contributed by atoms with Gasteiger partial charge in [-0.1, -0.05) is 24.3 Å². The lowest BCUT2D eigenvalue weighted by Crippen LogP contribution is -2.32. The summed E-state index contributed by atoms with van der Waals surface area (Å²) in [6, 6.07) is 9.58. The second-order valence-corrected chi connectivity index (χ2v) is 6.17. The van der Waals surface area contributed by atoms with Crippen molar-refractivity contribution in [3.8, 4) is 0 Å². The van der Waals surface area contributed by atoms with Crippen LogP contribution in [-0.2, 0) is 19.1 Å². The number of rotatable bonds is 13. The fourth-order valence-electron chi connectivity index (χ4n) is 2.61. The molecule has 2 rings (SSSR count). The third kappa shape index (κ3) is 9.21. The van der Waals surface area contributed by atoms with Gasteiger partial charge < -0.3 is 25.4 Å². The van der Waals surface area contributed by atoms with Gasteiger partial charge in [0.05, 0.1) is 33.0 Å². The maximum absolute atomic E-state index is 11.7. The van der Waals surface area contributed by atoms with Crippen LogP contribution in [0.15, 0.2) is 42.0 Å². The third-order valence-corrected chi connectivity index (χ3v) is 4.03. The van der Waals surface area contributed by atoms with Crippen molar-refractivity contribution in [3.05, 3.63) is 42.0 Å². The van der Waals surface area contributed by atoms with E-state index >= 15 is 0 Å². The number of amides is 2. The fourth-order valence-corrected chi connectivity index (χ4v) is 2.61. The lowest BCUT2D eigenvalue weighted by molar-refractivity contribution is -0.120. The van der Waals surface area contributed by atoms with E-state index in [2.05, 4.69) is 16.0 Å². The highest BCUT2D eigenvalue weighted by atomic mass is 16.5. The molecule has 0 spiro atoms.